The highest BCUT2D eigenvalue weighted by Crippen LogP contribution is 2.17. The molecule has 0 spiro atoms. The Kier molecular flexibility index (Phi) is 9.19. The van der Waals surface area contributed by atoms with Gasteiger partial charge in [-0.1, -0.05) is 72.8 Å². The van der Waals surface area contributed by atoms with Gasteiger partial charge in [-0.05, 0) is 66.8 Å². The van der Waals surface area contributed by atoms with Crippen molar-refractivity contribution in [1.29, 1.82) is 0 Å². The molecule has 5 heteroatoms. The summed E-state index contributed by atoms with van der Waals surface area (Å²) in [6, 6.07) is 32.1. The SMILES string of the molecule is Cc1cc(C)nc(CC(=O)Nc2ccc(CCN(Cc3ccccc3)CC(O)c3ccccc3)cc2)c1. The van der Waals surface area contributed by atoms with Gasteiger partial charge in [0.2, 0.25) is 5.91 Å². The molecular weight excluding hydrogens is 458 g/mol. The van der Waals surface area contributed by atoms with E-state index < -0.39 is 6.10 Å². The molecule has 0 saturated carbocycles. The fourth-order valence-corrected chi connectivity index (χ4v) is 4.53. The van der Waals surface area contributed by atoms with Crippen molar-refractivity contribution in [3.05, 3.63) is 131 Å². The average Bonchev–Trinajstić information content (AvgIpc) is 2.88. The van der Waals surface area contributed by atoms with Crippen LogP contribution in [-0.4, -0.2) is 34.0 Å². The fraction of sp³-hybridized carbons (Fsp3) is 0.250. The first-order chi connectivity index (χ1) is 17.9. The maximum atomic E-state index is 12.5. The molecule has 1 aromatic heterocycles. The fourth-order valence-electron chi connectivity index (χ4n) is 4.53. The lowest BCUT2D eigenvalue weighted by Crippen LogP contribution is -2.30. The summed E-state index contributed by atoms with van der Waals surface area (Å²) in [5.74, 6) is -0.0748. The van der Waals surface area contributed by atoms with Crippen LogP contribution in [0.5, 0.6) is 0 Å². The van der Waals surface area contributed by atoms with Crippen molar-refractivity contribution >= 4 is 11.6 Å². The monoisotopic (exact) mass is 493 g/mol. The molecule has 4 aromatic rings. The molecular formula is C32H35N3O2. The van der Waals surface area contributed by atoms with Gasteiger partial charge in [0, 0.05) is 31.0 Å². The van der Waals surface area contributed by atoms with Crippen molar-refractivity contribution in [2.45, 2.75) is 39.3 Å². The Morgan fingerprint density at radius 1 is 0.892 bits per heavy atom. The Balaban J connectivity index is 1.34. The summed E-state index contributed by atoms with van der Waals surface area (Å²) in [6.07, 6.45) is 0.548. The van der Waals surface area contributed by atoms with Crippen LogP contribution in [0, 0.1) is 13.8 Å². The van der Waals surface area contributed by atoms with E-state index >= 15 is 0 Å². The summed E-state index contributed by atoms with van der Waals surface area (Å²) < 4.78 is 0. The zero-order valence-electron chi connectivity index (χ0n) is 21.6. The molecule has 37 heavy (non-hydrogen) atoms. The molecule has 0 saturated heterocycles. The Labute approximate surface area is 219 Å². The van der Waals surface area contributed by atoms with E-state index in [1.165, 1.54) is 11.1 Å². The summed E-state index contributed by atoms with van der Waals surface area (Å²) in [4.78, 5) is 19.3. The van der Waals surface area contributed by atoms with Crippen LogP contribution in [-0.2, 0) is 24.2 Å². The van der Waals surface area contributed by atoms with E-state index in [-0.39, 0.29) is 12.3 Å². The number of benzene rings is 3. The average molecular weight is 494 g/mol. The highest BCUT2D eigenvalue weighted by Gasteiger charge is 2.14. The lowest BCUT2D eigenvalue weighted by molar-refractivity contribution is -0.115. The second-order valence-corrected chi connectivity index (χ2v) is 9.60. The lowest BCUT2D eigenvalue weighted by atomic mass is 10.1. The van der Waals surface area contributed by atoms with E-state index in [4.69, 9.17) is 0 Å². The van der Waals surface area contributed by atoms with Crippen LogP contribution in [0.2, 0.25) is 0 Å². The molecule has 0 aliphatic heterocycles. The van der Waals surface area contributed by atoms with Crippen LogP contribution < -0.4 is 5.32 Å². The molecule has 5 nitrogen and oxygen atoms in total. The van der Waals surface area contributed by atoms with Crippen molar-refractivity contribution in [3.63, 3.8) is 0 Å². The molecule has 0 radical (unpaired) electrons. The quantitative estimate of drug-likeness (QED) is 0.283. The summed E-state index contributed by atoms with van der Waals surface area (Å²) in [6.45, 7) is 6.09. The number of nitrogens with zero attached hydrogens (tertiary/aromatic N) is 2. The minimum absolute atomic E-state index is 0.0748. The van der Waals surface area contributed by atoms with Gasteiger partial charge in [0.1, 0.15) is 0 Å². The molecule has 0 aliphatic carbocycles. The van der Waals surface area contributed by atoms with Gasteiger partial charge in [0.05, 0.1) is 18.2 Å². The van der Waals surface area contributed by atoms with Gasteiger partial charge in [-0.3, -0.25) is 14.7 Å². The lowest BCUT2D eigenvalue weighted by Gasteiger charge is -2.25. The minimum atomic E-state index is -0.547. The smallest absolute Gasteiger partial charge is 0.230 e. The molecule has 3 aromatic carbocycles. The topological polar surface area (TPSA) is 65.5 Å². The summed E-state index contributed by atoms with van der Waals surface area (Å²) >= 11 is 0. The summed E-state index contributed by atoms with van der Waals surface area (Å²) in [7, 11) is 0. The number of rotatable bonds is 11. The second-order valence-electron chi connectivity index (χ2n) is 9.60. The van der Waals surface area contributed by atoms with Crippen molar-refractivity contribution in [2.75, 3.05) is 18.4 Å². The van der Waals surface area contributed by atoms with Crippen LogP contribution >= 0.6 is 0 Å². The number of hydrogen-bond donors (Lipinski definition) is 2. The zero-order chi connectivity index (χ0) is 26.0. The van der Waals surface area contributed by atoms with Gasteiger partial charge in [-0.25, -0.2) is 0 Å². The van der Waals surface area contributed by atoms with E-state index in [9.17, 15) is 9.90 Å². The van der Waals surface area contributed by atoms with E-state index in [0.29, 0.717) is 6.54 Å². The number of hydrogen-bond acceptors (Lipinski definition) is 4. The largest absolute Gasteiger partial charge is 0.387 e. The first-order valence-electron chi connectivity index (χ1n) is 12.8. The van der Waals surface area contributed by atoms with Gasteiger partial charge < -0.3 is 10.4 Å². The number of pyridine rings is 1. The number of carbonyl (C=O) groups is 1. The standard InChI is InChI=1S/C32H35N3O2/c1-24-19-25(2)33-30(20-24)21-32(37)34-29-15-13-26(14-16-29)17-18-35(22-27-9-5-3-6-10-27)23-31(36)28-11-7-4-8-12-28/h3-16,19-20,31,36H,17-18,21-23H2,1-2H3,(H,34,37). The van der Waals surface area contributed by atoms with Gasteiger partial charge in [0.15, 0.2) is 0 Å². The molecule has 1 atom stereocenters. The van der Waals surface area contributed by atoms with Gasteiger partial charge in [-0.15, -0.1) is 0 Å². The summed E-state index contributed by atoms with van der Waals surface area (Å²) in [5.41, 5.74) is 6.92. The predicted octanol–water partition coefficient (Wildman–Crippen LogP) is 5.66. The highest BCUT2D eigenvalue weighted by atomic mass is 16.3. The first-order valence-corrected chi connectivity index (χ1v) is 12.8. The van der Waals surface area contributed by atoms with Crippen molar-refractivity contribution < 1.29 is 9.90 Å². The second kappa shape index (κ2) is 12.9. The highest BCUT2D eigenvalue weighted by molar-refractivity contribution is 5.92. The van der Waals surface area contributed by atoms with Crippen molar-refractivity contribution in [2.24, 2.45) is 0 Å². The van der Waals surface area contributed by atoms with Crippen LogP contribution in [0.25, 0.3) is 0 Å². The van der Waals surface area contributed by atoms with Crippen LogP contribution in [0.1, 0.15) is 39.7 Å². The normalized spacial score (nSPS) is 11.9. The Morgan fingerprint density at radius 3 is 2.24 bits per heavy atom. The molecule has 190 valence electrons. The van der Waals surface area contributed by atoms with Crippen LogP contribution in [0.15, 0.2) is 97.1 Å². The number of anilines is 1. The third kappa shape index (κ3) is 8.38. The molecule has 0 bridgehead atoms. The van der Waals surface area contributed by atoms with Crippen LogP contribution in [0.4, 0.5) is 5.69 Å². The molecule has 1 heterocycles. The molecule has 0 aliphatic rings. The molecule has 4 rings (SSSR count). The van der Waals surface area contributed by atoms with E-state index in [0.717, 1.165) is 47.7 Å². The van der Waals surface area contributed by atoms with E-state index in [2.05, 4.69) is 39.5 Å². The Bertz CT molecular complexity index is 1250. The zero-order valence-corrected chi connectivity index (χ0v) is 21.6. The first kappa shape index (κ1) is 26.3. The van der Waals surface area contributed by atoms with Crippen molar-refractivity contribution in [3.8, 4) is 0 Å². The maximum Gasteiger partial charge on any atom is 0.230 e. The van der Waals surface area contributed by atoms with Gasteiger partial charge in [-0.2, -0.15) is 0 Å². The van der Waals surface area contributed by atoms with Gasteiger partial charge >= 0.3 is 0 Å². The maximum absolute atomic E-state index is 12.5. The molecule has 0 fully saturated rings. The third-order valence-corrected chi connectivity index (χ3v) is 6.31. The molecule has 1 amide bonds. The number of aromatic nitrogens is 1. The molecule has 1 unspecified atom stereocenters. The van der Waals surface area contributed by atoms with Gasteiger partial charge in [0.25, 0.3) is 0 Å². The molecule has 2 N–H and O–H groups in total. The van der Waals surface area contributed by atoms with Crippen molar-refractivity contribution in [1.82, 2.24) is 9.88 Å². The Hall–Kier alpha value is -3.80. The van der Waals surface area contributed by atoms with E-state index in [1.807, 2.05) is 86.6 Å². The Morgan fingerprint density at radius 2 is 1.57 bits per heavy atom. The number of carbonyl (C=O) groups excluding carboxylic acids is 1. The number of amides is 1. The number of nitrogens with one attached hydrogen (secondary N) is 1. The number of aliphatic hydroxyl groups is 1. The predicted molar refractivity (Wildman–Crippen MR) is 149 cm³/mol. The van der Waals surface area contributed by atoms with Crippen LogP contribution in [0.3, 0.4) is 0 Å². The number of aryl methyl sites for hydroxylation is 2. The number of aliphatic hydroxyl groups excluding tert-OH is 1. The van der Waals surface area contributed by atoms with E-state index in [1.54, 1.807) is 0 Å². The summed E-state index contributed by atoms with van der Waals surface area (Å²) in [5, 5.41) is 13.8. The third-order valence-electron chi connectivity index (χ3n) is 6.31. The minimum Gasteiger partial charge on any atom is -0.387 e.